The van der Waals surface area contributed by atoms with E-state index in [1.165, 1.54) is 11.2 Å². The van der Waals surface area contributed by atoms with Gasteiger partial charge in [0.05, 0.1) is 5.56 Å². The van der Waals surface area contributed by atoms with Crippen LogP contribution in [0.4, 0.5) is 10.2 Å². The third-order valence-corrected chi connectivity index (χ3v) is 10.5. The van der Waals surface area contributed by atoms with Crippen LogP contribution in [0.5, 0.6) is 23.1 Å². The maximum atomic E-state index is 15.6. The standard InChI is InChI=1S/C39H55FN8O7/c1-8-48(26(4)5)38(52)27-20-28(40)34-35(54-32(51)15-14-31(50)53-34)33(27)55-37-36(42-24-43-44-37)46-19-16-39(21-46)22-47(23-39)29(25(2)3)12-11-18-41-17-10-9-13-30(49)45(6)7/h14-15,20,24-26,29,41H,8-13,16-19,21-23H2,1-7H3/b15-14+/t29-/m1/s1. The summed E-state index contributed by atoms with van der Waals surface area (Å²) in [6, 6.07) is 1.10. The first-order chi connectivity index (χ1) is 26.2. The number of fused-ring (bicyclic) bond motifs is 1. The molecule has 1 N–H and O–H groups in total. The summed E-state index contributed by atoms with van der Waals surface area (Å²) in [5.74, 6) is -4.34. The van der Waals surface area contributed by atoms with Crippen LogP contribution in [0.1, 0.15) is 83.5 Å². The molecule has 1 aromatic heterocycles. The van der Waals surface area contributed by atoms with Gasteiger partial charge in [-0.3, -0.25) is 14.5 Å². The summed E-state index contributed by atoms with van der Waals surface area (Å²) in [5, 5.41) is 11.7. The number of carbonyl (C=O) groups excluding carboxylic acids is 4. The fourth-order valence-corrected chi connectivity index (χ4v) is 7.65. The van der Waals surface area contributed by atoms with Crippen LogP contribution in [0.2, 0.25) is 0 Å². The highest BCUT2D eigenvalue weighted by Gasteiger charge is 2.50. The van der Waals surface area contributed by atoms with Gasteiger partial charge in [0.15, 0.2) is 17.4 Å². The fraction of sp³-hybridized carbons (Fsp3) is 0.615. The minimum atomic E-state index is -1.09. The van der Waals surface area contributed by atoms with Gasteiger partial charge in [0.25, 0.3) is 11.8 Å². The summed E-state index contributed by atoms with van der Waals surface area (Å²) in [4.78, 5) is 62.9. The number of anilines is 1. The van der Waals surface area contributed by atoms with Crippen molar-refractivity contribution in [3.63, 3.8) is 0 Å². The number of aromatic nitrogens is 3. The van der Waals surface area contributed by atoms with Crippen LogP contribution in [0, 0.1) is 17.2 Å². The first-order valence-corrected chi connectivity index (χ1v) is 19.3. The van der Waals surface area contributed by atoms with Gasteiger partial charge >= 0.3 is 11.9 Å². The Morgan fingerprint density at radius 1 is 1.02 bits per heavy atom. The molecule has 2 fully saturated rings. The molecule has 1 aromatic carbocycles. The average molecular weight is 767 g/mol. The Kier molecular flexibility index (Phi) is 13.8. The molecule has 300 valence electrons. The van der Waals surface area contributed by atoms with Crippen LogP contribution in [-0.4, -0.2) is 126 Å². The SMILES string of the molecule is CCN(C(=O)c1cc(F)c2c(c1Oc1nncnc1N1CCC3(C1)CN([C@H](CCCNCCCCC(=O)N(C)C)C(C)C)C3)OC(=O)/C=C/C(=O)O2)C(C)C. The monoisotopic (exact) mass is 766 g/mol. The van der Waals surface area contributed by atoms with Gasteiger partial charge in [-0.2, -0.15) is 0 Å². The van der Waals surface area contributed by atoms with Crippen molar-refractivity contribution < 1.29 is 37.8 Å². The Labute approximate surface area is 322 Å². The third kappa shape index (κ3) is 9.95. The zero-order valence-electron chi connectivity index (χ0n) is 33.1. The molecule has 3 aliphatic rings. The third-order valence-electron chi connectivity index (χ3n) is 10.5. The van der Waals surface area contributed by atoms with E-state index in [-0.39, 0.29) is 34.6 Å². The molecule has 1 atom stereocenters. The number of esters is 2. The number of hydrogen-bond donors (Lipinski definition) is 1. The molecule has 55 heavy (non-hydrogen) atoms. The number of hydrogen-bond acceptors (Lipinski definition) is 13. The molecule has 5 rings (SSSR count). The van der Waals surface area contributed by atoms with Crippen molar-refractivity contribution in [3.05, 3.63) is 35.9 Å². The van der Waals surface area contributed by atoms with Crippen molar-refractivity contribution in [1.82, 2.24) is 35.2 Å². The lowest BCUT2D eigenvalue weighted by molar-refractivity contribution is -0.133. The normalized spacial score (nSPS) is 17.6. The van der Waals surface area contributed by atoms with Crippen LogP contribution < -0.4 is 24.4 Å². The summed E-state index contributed by atoms with van der Waals surface area (Å²) in [7, 11) is 3.58. The smallest absolute Gasteiger partial charge is 0.336 e. The second-order valence-electron chi connectivity index (χ2n) is 15.5. The number of amides is 2. The van der Waals surface area contributed by atoms with Crippen LogP contribution in [0.3, 0.4) is 0 Å². The quantitative estimate of drug-likeness (QED) is 0.139. The molecule has 4 heterocycles. The van der Waals surface area contributed by atoms with E-state index in [0.29, 0.717) is 43.8 Å². The van der Waals surface area contributed by atoms with Crippen molar-refractivity contribution >= 4 is 29.6 Å². The lowest BCUT2D eigenvalue weighted by Gasteiger charge is -2.53. The summed E-state index contributed by atoms with van der Waals surface area (Å²) < 4.78 is 32.5. The van der Waals surface area contributed by atoms with Gasteiger partial charge in [-0.1, -0.05) is 13.8 Å². The van der Waals surface area contributed by atoms with Crippen LogP contribution in [0.25, 0.3) is 0 Å². The van der Waals surface area contributed by atoms with E-state index in [9.17, 15) is 19.2 Å². The van der Waals surface area contributed by atoms with Crippen molar-refractivity contribution in [2.75, 3.05) is 64.8 Å². The van der Waals surface area contributed by atoms with Crippen molar-refractivity contribution in [1.29, 1.82) is 0 Å². The second kappa shape index (κ2) is 18.3. The number of ether oxygens (including phenoxy) is 3. The van der Waals surface area contributed by atoms with Crippen molar-refractivity contribution in [2.45, 2.75) is 85.2 Å². The highest BCUT2D eigenvalue weighted by atomic mass is 19.1. The molecule has 0 unspecified atom stereocenters. The molecular weight excluding hydrogens is 711 g/mol. The zero-order valence-corrected chi connectivity index (χ0v) is 33.1. The Hall–Kier alpha value is -4.70. The predicted octanol–water partition coefficient (Wildman–Crippen LogP) is 4.22. The van der Waals surface area contributed by atoms with E-state index in [4.69, 9.17) is 14.2 Å². The topological polar surface area (TPSA) is 160 Å². The number of halogens is 1. The average Bonchev–Trinajstić information content (AvgIpc) is 3.57. The zero-order chi connectivity index (χ0) is 39.9. The molecule has 3 aliphatic heterocycles. The minimum absolute atomic E-state index is 0.0406. The molecule has 2 saturated heterocycles. The lowest BCUT2D eigenvalue weighted by atomic mass is 9.76. The van der Waals surface area contributed by atoms with E-state index < -0.39 is 35.2 Å². The highest BCUT2D eigenvalue weighted by molar-refractivity contribution is 6.01. The molecule has 0 radical (unpaired) electrons. The molecule has 16 heteroatoms. The first-order valence-electron chi connectivity index (χ1n) is 19.3. The van der Waals surface area contributed by atoms with Crippen molar-refractivity contribution in [2.24, 2.45) is 11.3 Å². The van der Waals surface area contributed by atoms with Gasteiger partial charge in [-0.05, 0) is 77.9 Å². The number of benzene rings is 1. The molecule has 0 saturated carbocycles. The van der Waals surface area contributed by atoms with Gasteiger partial charge in [-0.15, -0.1) is 10.2 Å². The van der Waals surface area contributed by atoms with Gasteiger partial charge in [0.2, 0.25) is 17.4 Å². The Morgan fingerprint density at radius 2 is 1.71 bits per heavy atom. The summed E-state index contributed by atoms with van der Waals surface area (Å²) in [5.41, 5.74) is -0.213. The Balaban J connectivity index is 1.28. The largest absolute Gasteiger partial charge is 0.430 e. The van der Waals surface area contributed by atoms with Crippen LogP contribution in [-0.2, 0) is 14.4 Å². The molecule has 0 bridgehead atoms. The number of rotatable bonds is 17. The van der Waals surface area contributed by atoms with Crippen LogP contribution in [0.15, 0.2) is 24.5 Å². The van der Waals surface area contributed by atoms with Gasteiger partial charge in [0.1, 0.15) is 6.33 Å². The van der Waals surface area contributed by atoms with E-state index >= 15 is 4.39 Å². The minimum Gasteiger partial charge on any atom is -0.430 e. The first kappa shape index (κ1) is 41.5. The van der Waals surface area contributed by atoms with Crippen molar-refractivity contribution in [3.8, 4) is 23.1 Å². The number of nitrogens with one attached hydrogen (secondary N) is 1. The van der Waals surface area contributed by atoms with Gasteiger partial charge in [0, 0.05) is 82.9 Å². The fourth-order valence-electron chi connectivity index (χ4n) is 7.65. The Morgan fingerprint density at radius 3 is 2.36 bits per heavy atom. The molecule has 2 aromatic rings. The Bertz CT molecular complexity index is 1750. The van der Waals surface area contributed by atoms with E-state index in [1.807, 2.05) is 13.8 Å². The summed E-state index contributed by atoms with van der Waals surface area (Å²) in [6.07, 6.45) is 8.50. The summed E-state index contributed by atoms with van der Waals surface area (Å²) in [6.45, 7) is 15.3. The van der Waals surface area contributed by atoms with Gasteiger partial charge < -0.3 is 34.2 Å². The number of nitrogens with zero attached hydrogens (tertiary/aromatic N) is 7. The molecule has 0 aliphatic carbocycles. The number of likely N-dealkylation sites (tertiary alicyclic amines) is 1. The molecule has 1 spiro atoms. The lowest BCUT2D eigenvalue weighted by Crippen LogP contribution is -2.62. The van der Waals surface area contributed by atoms with E-state index in [2.05, 4.69) is 44.1 Å². The molecule has 15 nitrogen and oxygen atoms in total. The maximum Gasteiger partial charge on any atom is 0.336 e. The van der Waals surface area contributed by atoms with E-state index in [0.717, 1.165) is 76.5 Å². The highest BCUT2D eigenvalue weighted by Crippen LogP contribution is 2.48. The van der Waals surface area contributed by atoms with Gasteiger partial charge in [-0.25, -0.2) is 19.0 Å². The number of carbonyl (C=O) groups is 4. The summed E-state index contributed by atoms with van der Waals surface area (Å²) >= 11 is 0. The maximum absolute atomic E-state index is 15.6. The predicted molar refractivity (Wildman–Crippen MR) is 203 cm³/mol. The molecule has 2 amide bonds. The number of unbranched alkanes of at least 4 members (excludes halogenated alkanes) is 1. The van der Waals surface area contributed by atoms with Crippen LogP contribution >= 0.6 is 0 Å². The second-order valence-corrected chi connectivity index (χ2v) is 15.5. The van der Waals surface area contributed by atoms with E-state index in [1.54, 1.807) is 25.9 Å². The molecular formula is C39H55FN8O7.